The molecule has 0 saturated carbocycles. The van der Waals surface area contributed by atoms with Crippen LogP contribution in [0.25, 0.3) is 11.1 Å². The molecule has 4 rings (SSSR count). The van der Waals surface area contributed by atoms with Crippen molar-refractivity contribution in [1.29, 1.82) is 0 Å². The Morgan fingerprint density at radius 3 is 2.29 bits per heavy atom. The van der Waals surface area contributed by atoms with Gasteiger partial charge in [0, 0.05) is 25.7 Å². The summed E-state index contributed by atoms with van der Waals surface area (Å²) < 4.78 is 6.61. The molecule has 4 nitrogen and oxygen atoms in total. The van der Waals surface area contributed by atoms with E-state index in [2.05, 4.69) is 62.5 Å². The fourth-order valence-corrected chi connectivity index (χ4v) is 4.41. The highest BCUT2D eigenvalue weighted by Crippen LogP contribution is 2.30. The van der Waals surface area contributed by atoms with Gasteiger partial charge in [0.2, 0.25) is 0 Å². The SMILES string of the molecule is O=C(COc1ccc(-c2ccccc2)cc1Br)NC1CCN(Cc2ccccc2)CC1. The van der Waals surface area contributed by atoms with Crippen molar-refractivity contribution in [3.8, 4) is 16.9 Å². The summed E-state index contributed by atoms with van der Waals surface area (Å²) in [6.07, 6.45) is 1.93. The third-order valence-electron chi connectivity index (χ3n) is 5.60. The van der Waals surface area contributed by atoms with Crippen LogP contribution in [0.1, 0.15) is 18.4 Å². The first-order valence-electron chi connectivity index (χ1n) is 10.7. The van der Waals surface area contributed by atoms with Gasteiger partial charge >= 0.3 is 0 Å². The highest BCUT2D eigenvalue weighted by atomic mass is 79.9. The normalized spacial score (nSPS) is 14.9. The Morgan fingerprint density at radius 1 is 0.935 bits per heavy atom. The number of piperidine rings is 1. The van der Waals surface area contributed by atoms with Gasteiger partial charge in [0.1, 0.15) is 5.75 Å². The van der Waals surface area contributed by atoms with Gasteiger partial charge in [-0.05, 0) is 57.6 Å². The molecular weight excluding hydrogens is 452 g/mol. The lowest BCUT2D eigenvalue weighted by atomic mass is 10.0. The smallest absolute Gasteiger partial charge is 0.258 e. The summed E-state index contributed by atoms with van der Waals surface area (Å²) in [5, 5.41) is 3.12. The van der Waals surface area contributed by atoms with Gasteiger partial charge in [-0.25, -0.2) is 0 Å². The zero-order valence-electron chi connectivity index (χ0n) is 17.5. The van der Waals surface area contributed by atoms with E-state index in [1.165, 1.54) is 5.56 Å². The molecule has 5 heteroatoms. The second kappa shape index (κ2) is 10.6. The van der Waals surface area contributed by atoms with Gasteiger partial charge in [0.25, 0.3) is 5.91 Å². The molecule has 160 valence electrons. The lowest BCUT2D eigenvalue weighted by Crippen LogP contribution is -2.45. The number of carbonyl (C=O) groups is 1. The Hall–Kier alpha value is -2.63. The molecule has 0 atom stereocenters. The Labute approximate surface area is 192 Å². The van der Waals surface area contributed by atoms with Crippen molar-refractivity contribution < 1.29 is 9.53 Å². The standard InChI is InChI=1S/C26H27BrN2O2/c27-24-17-22(21-9-5-2-6-10-21)11-12-25(24)31-19-26(30)28-23-13-15-29(16-14-23)18-20-7-3-1-4-8-20/h1-12,17,23H,13-16,18-19H2,(H,28,30). The molecular formula is C26H27BrN2O2. The maximum Gasteiger partial charge on any atom is 0.258 e. The number of likely N-dealkylation sites (tertiary alicyclic amines) is 1. The van der Waals surface area contributed by atoms with Crippen LogP contribution in [0.3, 0.4) is 0 Å². The average Bonchev–Trinajstić information content (AvgIpc) is 2.81. The molecule has 1 aliphatic rings. The monoisotopic (exact) mass is 478 g/mol. The number of nitrogens with one attached hydrogen (secondary N) is 1. The van der Waals surface area contributed by atoms with Gasteiger partial charge in [-0.15, -0.1) is 0 Å². The van der Waals surface area contributed by atoms with Crippen LogP contribution in [0.5, 0.6) is 5.75 Å². The second-order valence-electron chi connectivity index (χ2n) is 7.90. The molecule has 0 aliphatic carbocycles. The van der Waals surface area contributed by atoms with Crippen LogP contribution in [0.4, 0.5) is 0 Å². The molecule has 0 aromatic heterocycles. The van der Waals surface area contributed by atoms with Gasteiger partial charge in [-0.2, -0.15) is 0 Å². The van der Waals surface area contributed by atoms with Crippen LogP contribution in [0.15, 0.2) is 83.3 Å². The third-order valence-corrected chi connectivity index (χ3v) is 6.22. The largest absolute Gasteiger partial charge is 0.483 e. The van der Waals surface area contributed by atoms with Crippen LogP contribution >= 0.6 is 15.9 Å². The summed E-state index contributed by atoms with van der Waals surface area (Å²) in [6, 6.07) is 26.9. The third kappa shape index (κ3) is 6.18. The molecule has 3 aromatic carbocycles. The Balaban J connectivity index is 1.22. The Bertz CT molecular complexity index is 987. The number of nitrogens with zero attached hydrogens (tertiary/aromatic N) is 1. The summed E-state index contributed by atoms with van der Waals surface area (Å²) in [5.74, 6) is 0.605. The first-order chi connectivity index (χ1) is 15.2. The number of hydrogen-bond donors (Lipinski definition) is 1. The van der Waals surface area contributed by atoms with E-state index in [0.717, 1.165) is 48.1 Å². The lowest BCUT2D eigenvalue weighted by molar-refractivity contribution is -0.124. The molecule has 0 bridgehead atoms. The van der Waals surface area contributed by atoms with Crippen molar-refractivity contribution in [2.24, 2.45) is 0 Å². The molecule has 31 heavy (non-hydrogen) atoms. The molecule has 0 radical (unpaired) electrons. The van der Waals surface area contributed by atoms with E-state index in [-0.39, 0.29) is 18.6 Å². The molecule has 1 heterocycles. The molecule has 1 saturated heterocycles. The molecule has 3 aromatic rings. The van der Waals surface area contributed by atoms with Crippen LogP contribution in [-0.2, 0) is 11.3 Å². The minimum atomic E-state index is -0.0689. The number of ether oxygens (including phenoxy) is 1. The first kappa shape index (κ1) is 21.6. The summed E-state index contributed by atoms with van der Waals surface area (Å²) in [7, 11) is 0. The summed E-state index contributed by atoms with van der Waals surface area (Å²) in [6.45, 7) is 2.98. The number of hydrogen-bond acceptors (Lipinski definition) is 3. The number of rotatable bonds is 7. The van der Waals surface area contributed by atoms with E-state index < -0.39 is 0 Å². The fourth-order valence-electron chi connectivity index (χ4n) is 3.92. The predicted octanol–water partition coefficient (Wildman–Crippen LogP) is 5.28. The van der Waals surface area contributed by atoms with E-state index in [1.807, 2.05) is 42.5 Å². The van der Waals surface area contributed by atoms with Crippen LogP contribution in [0, 0.1) is 0 Å². The zero-order valence-corrected chi connectivity index (χ0v) is 19.1. The van der Waals surface area contributed by atoms with Gasteiger partial charge in [0.05, 0.1) is 4.47 Å². The fraction of sp³-hybridized carbons (Fsp3) is 0.269. The van der Waals surface area contributed by atoms with Gasteiger partial charge in [-0.3, -0.25) is 9.69 Å². The lowest BCUT2D eigenvalue weighted by Gasteiger charge is -2.32. The number of amides is 1. The highest BCUT2D eigenvalue weighted by Gasteiger charge is 2.21. The molecule has 1 N–H and O–H groups in total. The molecule has 1 aliphatic heterocycles. The van der Waals surface area contributed by atoms with Gasteiger partial charge < -0.3 is 10.1 Å². The van der Waals surface area contributed by atoms with E-state index in [9.17, 15) is 4.79 Å². The predicted molar refractivity (Wildman–Crippen MR) is 128 cm³/mol. The minimum absolute atomic E-state index is 0.0213. The van der Waals surface area contributed by atoms with E-state index >= 15 is 0 Å². The van der Waals surface area contributed by atoms with E-state index in [0.29, 0.717) is 5.75 Å². The van der Waals surface area contributed by atoms with Gasteiger partial charge in [0.15, 0.2) is 6.61 Å². The van der Waals surface area contributed by atoms with Crippen molar-refractivity contribution in [2.75, 3.05) is 19.7 Å². The topological polar surface area (TPSA) is 41.6 Å². The van der Waals surface area contributed by atoms with Crippen molar-refractivity contribution in [3.63, 3.8) is 0 Å². The van der Waals surface area contributed by atoms with Gasteiger partial charge in [-0.1, -0.05) is 66.7 Å². The minimum Gasteiger partial charge on any atom is -0.483 e. The number of benzene rings is 3. The molecule has 1 fully saturated rings. The second-order valence-corrected chi connectivity index (χ2v) is 8.76. The zero-order chi connectivity index (χ0) is 21.5. The van der Waals surface area contributed by atoms with Crippen LogP contribution in [0.2, 0.25) is 0 Å². The molecule has 0 unspecified atom stereocenters. The first-order valence-corrected chi connectivity index (χ1v) is 11.5. The number of carbonyl (C=O) groups excluding carboxylic acids is 1. The molecule has 0 spiro atoms. The maximum atomic E-state index is 12.4. The average molecular weight is 479 g/mol. The quantitative estimate of drug-likeness (QED) is 0.502. The number of halogens is 1. The summed E-state index contributed by atoms with van der Waals surface area (Å²) in [4.78, 5) is 14.8. The van der Waals surface area contributed by atoms with Crippen molar-refractivity contribution in [2.45, 2.75) is 25.4 Å². The van der Waals surface area contributed by atoms with Crippen molar-refractivity contribution in [1.82, 2.24) is 10.2 Å². The van der Waals surface area contributed by atoms with E-state index in [4.69, 9.17) is 4.74 Å². The van der Waals surface area contributed by atoms with E-state index in [1.54, 1.807) is 0 Å². The van der Waals surface area contributed by atoms with Crippen LogP contribution in [-0.4, -0.2) is 36.5 Å². The Kier molecular flexibility index (Phi) is 7.39. The molecule has 1 amide bonds. The summed E-state index contributed by atoms with van der Waals surface area (Å²) in [5.41, 5.74) is 3.58. The highest BCUT2D eigenvalue weighted by molar-refractivity contribution is 9.10. The van der Waals surface area contributed by atoms with Crippen molar-refractivity contribution in [3.05, 3.63) is 88.9 Å². The Morgan fingerprint density at radius 2 is 1.61 bits per heavy atom. The summed E-state index contributed by atoms with van der Waals surface area (Å²) >= 11 is 3.56. The maximum absolute atomic E-state index is 12.4. The van der Waals surface area contributed by atoms with Crippen LogP contribution < -0.4 is 10.1 Å². The van der Waals surface area contributed by atoms with Crippen molar-refractivity contribution >= 4 is 21.8 Å².